The number of hydrogen-bond acceptors (Lipinski definition) is 5. The van der Waals surface area contributed by atoms with Gasteiger partial charge in [-0.2, -0.15) is 0 Å². The van der Waals surface area contributed by atoms with E-state index in [1.165, 1.54) is 14.2 Å². The molecule has 0 aliphatic heterocycles. The zero-order chi connectivity index (χ0) is 14.3. The molecule has 0 bridgehead atoms. The molecule has 104 valence electrons. The third-order valence-electron chi connectivity index (χ3n) is 2.83. The summed E-state index contributed by atoms with van der Waals surface area (Å²) in [5.41, 5.74) is 0.983. The van der Waals surface area contributed by atoms with Crippen molar-refractivity contribution in [2.75, 3.05) is 21.3 Å². The maximum absolute atomic E-state index is 11.5. The van der Waals surface area contributed by atoms with Crippen molar-refractivity contribution in [2.45, 2.75) is 12.8 Å². The number of carbonyl (C=O) groups excluding carboxylic acids is 2. The predicted octanol–water partition coefficient (Wildman–Crippen LogP) is 1.59. The highest BCUT2D eigenvalue weighted by molar-refractivity contribution is 5.94. The van der Waals surface area contributed by atoms with Gasteiger partial charge in [0.15, 0.2) is 5.92 Å². The highest BCUT2D eigenvalue weighted by Gasteiger charge is 2.28. The third-order valence-corrected chi connectivity index (χ3v) is 2.83. The number of hydrogen-bond donors (Lipinski definition) is 0. The summed E-state index contributed by atoms with van der Waals surface area (Å²) >= 11 is 0. The van der Waals surface area contributed by atoms with Crippen LogP contribution in [0.2, 0.25) is 0 Å². The largest absolute Gasteiger partial charge is 0.497 e. The molecule has 0 spiro atoms. The Bertz CT molecular complexity index is 425. The van der Waals surface area contributed by atoms with E-state index in [2.05, 4.69) is 9.47 Å². The first-order valence-electron chi connectivity index (χ1n) is 5.91. The summed E-state index contributed by atoms with van der Waals surface area (Å²) in [6, 6.07) is 7.47. The van der Waals surface area contributed by atoms with Crippen LogP contribution in [0.1, 0.15) is 12.0 Å². The van der Waals surface area contributed by atoms with Crippen LogP contribution < -0.4 is 4.74 Å². The summed E-state index contributed by atoms with van der Waals surface area (Å²) in [5, 5.41) is 0. The Morgan fingerprint density at radius 2 is 1.74 bits per heavy atom. The SMILES string of the molecule is COC(=O)C(CCc1cccc(OC)c1)C(=O)OC. The molecule has 0 aliphatic carbocycles. The van der Waals surface area contributed by atoms with E-state index >= 15 is 0 Å². The molecule has 0 aromatic heterocycles. The fraction of sp³-hybridized carbons (Fsp3) is 0.429. The normalized spacial score (nSPS) is 10.1. The van der Waals surface area contributed by atoms with Crippen molar-refractivity contribution in [3.8, 4) is 5.75 Å². The number of carbonyl (C=O) groups is 2. The lowest BCUT2D eigenvalue weighted by Crippen LogP contribution is -2.27. The first-order chi connectivity index (χ1) is 9.12. The number of rotatable bonds is 6. The Morgan fingerprint density at radius 3 is 2.26 bits per heavy atom. The summed E-state index contributed by atoms with van der Waals surface area (Å²) in [5.74, 6) is -1.30. The first-order valence-corrected chi connectivity index (χ1v) is 5.91. The lowest BCUT2D eigenvalue weighted by Gasteiger charge is -2.12. The van der Waals surface area contributed by atoms with Gasteiger partial charge in [-0.25, -0.2) is 0 Å². The molecule has 0 saturated heterocycles. The van der Waals surface area contributed by atoms with Crippen molar-refractivity contribution in [3.63, 3.8) is 0 Å². The Kier molecular flexibility index (Phi) is 5.85. The van der Waals surface area contributed by atoms with Crippen molar-refractivity contribution >= 4 is 11.9 Å². The molecule has 0 radical (unpaired) electrons. The highest BCUT2D eigenvalue weighted by Crippen LogP contribution is 2.17. The summed E-state index contributed by atoms with van der Waals surface area (Å²) in [6.07, 6.45) is 0.901. The minimum atomic E-state index is -0.888. The minimum Gasteiger partial charge on any atom is -0.497 e. The van der Waals surface area contributed by atoms with Crippen molar-refractivity contribution in [2.24, 2.45) is 5.92 Å². The van der Waals surface area contributed by atoms with Gasteiger partial charge in [0.2, 0.25) is 0 Å². The van der Waals surface area contributed by atoms with Crippen LogP contribution in [0.3, 0.4) is 0 Å². The molecule has 1 rings (SSSR count). The molecule has 5 heteroatoms. The molecule has 19 heavy (non-hydrogen) atoms. The summed E-state index contributed by atoms with van der Waals surface area (Å²) in [7, 11) is 4.10. The molecule has 0 aliphatic rings. The van der Waals surface area contributed by atoms with Crippen molar-refractivity contribution in [1.82, 2.24) is 0 Å². The number of aryl methyl sites for hydroxylation is 1. The number of benzene rings is 1. The molecule has 0 unspecified atom stereocenters. The van der Waals surface area contributed by atoms with E-state index < -0.39 is 17.9 Å². The number of esters is 2. The van der Waals surface area contributed by atoms with Crippen molar-refractivity contribution in [3.05, 3.63) is 29.8 Å². The van der Waals surface area contributed by atoms with E-state index in [1.807, 2.05) is 24.3 Å². The maximum atomic E-state index is 11.5. The van der Waals surface area contributed by atoms with Crippen LogP contribution in [0, 0.1) is 5.92 Å². The average molecular weight is 266 g/mol. The van der Waals surface area contributed by atoms with E-state index in [9.17, 15) is 9.59 Å². The fourth-order valence-electron chi connectivity index (χ4n) is 1.76. The van der Waals surface area contributed by atoms with Gasteiger partial charge in [0.05, 0.1) is 21.3 Å². The van der Waals surface area contributed by atoms with Crippen molar-refractivity contribution in [1.29, 1.82) is 0 Å². The summed E-state index contributed by atoms with van der Waals surface area (Å²) < 4.78 is 14.3. The minimum absolute atomic E-state index is 0.340. The van der Waals surface area contributed by atoms with E-state index in [4.69, 9.17) is 4.74 Å². The van der Waals surface area contributed by atoms with Gasteiger partial charge in [-0.1, -0.05) is 12.1 Å². The van der Waals surface area contributed by atoms with Gasteiger partial charge in [0.25, 0.3) is 0 Å². The van der Waals surface area contributed by atoms with Crippen LogP contribution in [-0.2, 0) is 25.5 Å². The molecule has 0 fully saturated rings. The van der Waals surface area contributed by atoms with E-state index in [1.54, 1.807) is 7.11 Å². The topological polar surface area (TPSA) is 61.8 Å². The van der Waals surface area contributed by atoms with Crippen LogP contribution in [0.5, 0.6) is 5.75 Å². The standard InChI is InChI=1S/C14H18O5/c1-17-11-6-4-5-10(9-11)7-8-12(13(15)18-2)14(16)19-3/h4-6,9,12H,7-8H2,1-3H3. The Hall–Kier alpha value is -2.04. The zero-order valence-corrected chi connectivity index (χ0v) is 11.3. The van der Waals surface area contributed by atoms with Crippen LogP contribution in [-0.4, -0.2) is 33.3 Å². The molecule has 0 N–H and O–H groups in total. The highest BCUT2D eigenvalue weighted by atomic mass is 16.5. The van der Waals surface area contributed by atoms with Gasteiger partial charge in [-0.15, -0.1) is 0 Å². The number of ether oxygens (including phenoxy) is 3. The molecule has 0 amide bonds. The van der Waals surface area contributed by atoms with Gasteiger partial charge < -0.3 is 14.2 Å². The van der Waals surface area contributed by atoms with Crippen LogP contribution in [0.15, 0.2) is 24.3 Å². The molecule has 0 atom stereocenters. The molecular formula is C14H18O5. The average Bonchev–Trinajstić information content (AvgIpc) is 2.46. The predicted molar refractivity (Wildman–Crippen MR) is 68.8 cm³/mol. The maximum Gasteiger partial charge on any atom is 0.320 e. The second kappa shape index (κ2) is 7.41. The van der Waals surface area contributed by atoms with Crippen molar-refractivity contribution < 1.29 is 23.8 Å². The van der Waals surface area contributed by atoms with Gasteiger partial charge in [-0.05, 0) is 30.5 Å². The van der Waals surface area contributed by atoms with Gasteiger partial charge in [-0.3, -0.25) is 9.59 Å². The lowest BCUT2D eigenvalue weighted by atomic mass is 9.99. The third kappa shape index (κ3) is 4.28. The van der Waals surface area contributed by atoms with E-state index in [0.717, 1.165) is 11.3 Å². The van der Waals surface area contributed by atoms with Gasteiger partial charge >= 0.3 is 11.9 Å². The molecule has 1 aromatic rings. The zero-order valence-electron chi connectivity index (χ0n) is 11.3. The van der Waals surface area contributed by atoms with E-state index in [0.29, 0.717) is 12.8 Å². The molecule has 0 saturated carbocycles. The quantitative estimate of drug-likeness (QED) is 0.578. The monoisotopic (exact) mass is 266 g/mol. The first kappa shape index (κ1) is 15.0. The molecule has 5 nitrogen and oxygen atoms in total. The van der Waals surface area contributed by atoms with Crippen LogP contribution >= 0.6 is 0 Å². The molecular weight excluding hydrogens is 248 g/mol. The summed E-state index contributed by atoms with van der Waals surface area (Å²) in [6.45, 7) is 0. The smallest absolute Gasteiger partial charge is 0.320 e. The van der Waals surface area contributed by atoms with E-state index in [-0.39, 0.29) is 0 Å². The van der Waals surface area contributed by atoms with Crippen LogP contribution in [0.4, 0.5) is 0 Å². The fourth-order valence-corrected chi connectivity index (χ4v) is 1.76. The Morgan fingerprint density at radius 1 is 1.11 bits per heavy atom. The summed E-state index contributed by atoms with van der Waals surface area (Å²) in [4.78, 5) is 23.0. The molecule has 1 aromatic carbocycles. The lowest BCUT2D eigenvalue weighted by molar-refractivity contribution is -0.159. The van der Waals surface area contributed by atoms with Gasteiger partial charge in [0, 0.05) is 0 Å². The Labute approximate surface area is 112 Å². The second-order valence-electron chi connectivity index (χ2n) is 3.99. The Balaban J connectivity index is 2.70. The second-order valence-corrected chi connectivity index (χ2v) is 3.99. The number of methoxy groups -OCH3 is 3. The van der Waals surface area contributed by atoms with Crippen LogP contribution in [0.25, 0.3) is 0 Å². The van der Waals surface area contributed by atoms with Gasteiger partial charge in [0.1, 0.15) is 5.75 Å². The molecule has 0 heterocycles.